The standard InChI is InChI=1S/C23H31NO3/c1-16(2)26-21-9-7-8-18(14-21)15-24-22(25)17(3)27-20-12-10-19(11-13-20)23(4,5)6/h7-14,16-17H,15H2,1-6H3,(H,24,25)/t17-/m0/s1. The molecule has 0 aliphatic rings. The zero-order valence-corrected chi connectivity index (χ0v) is 17.2. The van der Waals surface area contributed by atoms with E-state index in [0.717, 1.165) is 11.3 Å². The minimum atomic E-state index is -0.569. The van der Waals surface area contributed by atoms with Gasteiger partial charge in [0.2, 0.25) is 0 Å². The van der Waals surface area contributed by atoms with E-state index in [0.29, 0.717) is 12.3 Å². The summed E-state index contributed by atoms with van der Waals surface area (Å²) in [4.78, 5) is 12.3. The van der Waals surface area contributed by atoms with E-state index in [1.165, 1.54) is 5.56 Å². The maximum Gasteiger partial charge on any atom is 0.261 e. The van der Waals surface area contributed by atoms with Crippen molar-refractivity contribution in [3.05, 3.63) is 59.7 Å². The molecule has 1 N–H and O–H groups in total. The van der Waals surface area contributed by atoms with Crippen LogP contribution in [-0.2, 0) is 16.8 Å². The highest BCUT2D eigenvalue weighted by Crippen LogP contribution is 2.24. The lowest BCUT2D eigenvalue weighted by Gasteiger charge is -2.20. The van der Waals surface area contributed by atoms with E-state index in [1.54, 1.807) is 6.92 Å². The summed E-state index contributed by atoms with van der Waals surface area (Å²) in [7, 11) is 0. The topological polar surface area (TPSA) is 47.6 Å². The first kappa shape index (κ1) is 20.8. The van der Waals surface area contributed by atoms with Gasteiger partial charge in [0.05, 0.1) is 6.10 Å². The molecule has 1 atom stereocenters. The van der Waals surface area contributed by atoms with Crippen LogP contribution < -0.4 is 14.8 Å². The Hall–Kier alpha value is -2.49. The molecule has 0 saturated carbocycles. The highest BCUT2D eigenvalue weighted by atomic mass is 16.5. The van der Waals surface area contributed by atoms with E-state index >= 15 is 0 Å². The van der Waals surface area contributed by atoms with Crippen LogP contribution >= 0.6 is 0 Å². The number of hydrogen-bond acceptors (Lipinski definition) is 3. The average molecular weight is 370 g/mol. The number of carbonyl (C=O) groups excluding carboxylic acids is 1. The maximum atomic E-state index is 12.3. The van der Waals surface area contributed by atoms with Crippen molar-refractivity contribution in [2.75, 3.05) is 0 Å². The molecule has 0 spiro atoms. The molecule has 2 aromatic rings. The summed E-state index contributed by atoms with van der Waals surface area (Å²) in [5.41, 5.74) is 2.31. The lowest BCUT2D eigenvalue weighted by atomic mass is 9.87. The second-order valence-electron chi connectivity index (χ2n) is 8.07. The van der Waals surface area contributed by atoms with Crippen LogP contribution in [0.25, 0.3) is 0 Å². The van der Waals surface area contributed by atoms with Crippen molar-refractivity contribution in [1.82, 2.24) is 5.32 Å². The monoisotopic (exact) mass is 369 g/mol. The van der Waals surface area contributed by atoms with Gasteiger partial charge < -0.3 is 14.8 Å². The lowest BCUT2D eigenvalue weighted by molar-refractivity contribution is -0.127. The van der Waals surface area contributed by atoms with Crippen molar-refractivity contribution >= 4 is 5.91 Å². The van der Waals surface area contributed by atoms with Gasteiger partial charge in [-0.1, -0.05) is 45.0 Å². The van der Waals surface area contributed by atoms with Gasteiger partial charge in [-0.25, -0.2) is 0 Å². The third-order valence-corrected chi connectivity index (χ3v) is 4.14. The van der Waals surface area contributed by atoms with Crippen molar-refractivity contribution in [3.63, 3.8) is 0 Å². The van der Waals surface area contributed by atoms with Gasteiger partial charge in [0, 0.05) is 6.54 Å². The van der Waals surface area contributed by atoms with Crippen LogP contribution in [0.15, 0.2) is 48.5 Å². The summed E-state index contributed by atoms with van der Waals surface area (Å²) in [6.07, 6.45) is -0.450. The number of hydrogen-bond donors (Lipinski definition) is 1. The molecule has 0 bridgehead atoms. The molecule has 0 heterocycles. The second kappa shape index (κ2) is 8.94. The van der Waals surface area contributed by atoms with E-state index < -0.39 is 6.10 Å². The van der Waals surface area contributed by atoms with Crippen molar-refractivity contribution in [1.29, 1.82) is 0 Å². The van der Waals surface area contributed by atoms with Gasteiger partial charge in [0.25, 0.3) is 5.91 Å². The second-order valence-corrected chi connectivity index (χ2v) is 8.07. The molecule has 2 aromatic carbocycles. The van der Waals surface area contributed by atoms with Crippen LogP contribution in [0.4, 0.5) is 0 Å². The Morgan fingerprint density at radius 1 is 0.963 bits per heavy atom. The number of amides is 1. The molecule has 146 valence electrons. The van der Waals surface area contributed by atoms with E-state index in [1.807, 2.05) is 62.4 Å². The zero-order chi connectivity index (χ0) is 20.0. The molecule has 0 fully saturated rings. The van der Waals surface area contributed by atoms with E-state index in [-0.39, 0.29) is 17.4 Å². The summed E-state index contributed by atoms with van der Waals surface area (Å²) >= 11 is 0. The van der Waals surface area contributed by atoms with Crippen LogP contribution in [0.5, 0.6) is 11.5 Å². The van der Waals surface area contributed by atoms with Crippen molar-refractivity contribution in [2.24, 2.45) is 0 Å². The summed E-state index contributed by atoms with van der Waals surface area (Å²) in [5.74, 6) is 1.35. The minimum Gasteiger partial charge on any atom is -0.491 e. The van der Waals surface area contributed by atoms with E-state index in [9.17, 15) is 4.79 Å². The highest BCUT2D eigenvalue weighted by molar-refractivity contribution is 5.80. The number of rotatable bonds is 7. The fraction of sp³-hybridized carbons (Fsp3) is 0.435. The predicted molar refractivity (Wildman–Crippen MR) is 109 cm³/mol. The number of carbonyl (C=O) groups is 1. The highest BCUT2D eigenvalue weighted by Gasteiger charge is 2.16. The van der Waals surface area contributed by atoms with E-state index in [2.05, 4.69) is 26.1 Å². The first-order valence-electron chi connectivity index (χ1n) is 9.45. The molecule has 2 rings (SSSR count). The molecule has 0 saturated heterocycles. The van der Waals surface area contributed by atoms with E-state index in [4.69, 9.17) is 9.47 Å². The molecule has 0 radical (unpaired) electrons. The normalized spacial score (nSPS) is 12.6. The summed E-state index contributed by atoms with van der Waals surface area (Å²) < 4.78 is 11.5. The molecule has 0 aliphatic heterocycles. The Morgan fingerprint density at radius 3 is 2.22 bits per heavy atom. The van der Waals surface area contributed by atoms with Gasteiger partial charge in [0.15, 0.2) is 6.10 Å². The third kappa shape index (κ3) is 6.63. The summed E-state index contributed by atoms with van der Waals surface area (Å²) in [5, 5.41) is 2.92. The van der Waals surface area contributed by atoms with Crippen molar-refractivity contribution in [2.45, 2.75) is 65.7 Å². The van der Waals surface area contributed by atoms with Gasteiger partial charge in [0.1, 0.15) is 11.5 Å². The molecule has 4 nitrogen and oxygen atoms in total. The molecule has 0 aromatic heterocycles. The van der Waals surface area contributed by atoms with Gasteiger partial charge in [-0.2, -0.15) is 0 Å². The van der Waals surface area contributed by atoms with Gasteiger partial charge in [-0.15, -0.1) is 0 Å². The van der Waals surface area contributed by atoms with Crippen LogP contribution in [0.2, 0.25) is 0 Å². The van der Waals surface area contributed by atoms with Gasteiger partial charge >= 0.3 is 0 Å². The Morgan fingerprint density at radius 2 is 1.63 bits per heavy atom. The molecule has 0 unspecified atom stereocenters. The number of nitrogens with one attached hydrogen (secondary N) is 1. The smallest absolute Gasteiger partial charge is 0.261 e. The van der Waals surface area contributed by atoms with Crippen molar-refractivity contribution in [3.8, 4) is 11.5 Å². The first-order chi connectivity index (χ1) is 12.6. The minimum absolute atomic E-state index is 0.0926. The Bertz CT molecular complexity index is 745. The van der Waals surface area contributed by atoms with Gasteiger partial charge in [-0.05, 0) is 61.6 Å². The quantitative estimate of drug-likeness (QED) is 0.758. The number of benzene rings is 2. The van der Waals surface area contributed by atoms with Crippen LogP contribution in [0.1, 0.15) is 52.7 Å². The predicted octanol–water partition coefficient (Wildman–Crippen LogP) is 4.86. The van der Waals surface area contributed by atoms with Gasteiger partial charge in [-0.3, -0.25) is 4.79 Å². The Kier molecular flexibility index (Phi) is 6.89. The fourth-order valence-electron chi connectivity index (χ4n) is 2.62. The molecular formula is C23H31NO3. The number of ether oxygens (including phenoxy) is 2. The molecule has 0 aliphatic carbocycles. The Labute approximate surface area is 162 Å². The Balaban J connectivity index is 1.88. The molecule has 27 heavy (non-hydrogen) atoms. The van der Waals surface area contributed by atoms with Crippen LogP contribution in [-0.4, -0.2) is 18.1 Å². The van der Waals surface area contributed by atoms with Crippen molar-refractivity contribution < 1.29 is 14.3 Å². The zero-order valence-electron chi connectivity index (χ0n) is 17.2. The third-order valence-electron chi connectivity index (χ3n) is 4.14. The SMILES string of the molecule is CC(C)Oc1cccc(CNC(=O)[C@H](C)Oc2ccc(C(C)(C)C)cc2)c1. The summed E-state index contributed by atoms with van der Waals surface area (Å²) in [6.45, 7) is 12.7. The fourth-order valence-corrected chi connectivity index (χ4v) is 2.62. The lowest BCUT2D eigenvalue weighted by Crippen LogP contribution is -2.35. The maximum absolute atomic E-state index is 12.3. The first-order valence-corrected chi connectivity index (χ1v) is 9.45. The van der Waals surface area contributed by atoms with Crippen LogP contribution in [0.3, 0.4) is 0 Å². The van der Waals surface area contributed by atoms with Crippen LogP contribution in [0, 0.1) is 0 Å². The largest absolute Gasteiger partial charge is 0.491 e. The molecule has 1 amide bonds. The molecular weight excluding hydrogens is 338 g/mol. The average Bonchev–Trinajstić information content (AvgIpc) is 2.59. The summed E-state index contributed by atoms with van der Waals surface area (Å²) in [6, 6.07) is 15.7. The molecule has 4 heteroatoms.